The molecular weight excluding hydrogens is 346 g/mol. The molecule has 0 bridgehead atoms. The molecule has 1 aliphatic rings. The highest BCUT2D eigenvalue weighted by atomic mass is 35.5. The topological polar surface area (TPSA) is 76.1 Å². The summed E-state index contributed by atoms with van der Waals surface area (Å²) in [4.78, 5) is 25.2. The van der Waals surface area contributed by atoms with Gasteiger partial charge in [-0.1, -0.05) is 11.6 Å². The molecule has 0 saturated carbocycles. The first kappa shape index (κ1) is 17.7. The summed E-state index contributed by atoms with van der Waals surface area (Å²) in [6, 6.07) is 8.11. The van der Waals surface area contributed by atoms with E-state index >= 15 is 0 Å². The number of hydrogen-bond donors (Lipinski definition) is 1. The second-order valence-corrected chi connectivity index (χ2v) is 6.17. The first-order valence-corrected chi connectivity index (χ1v) is 8.37. The predicted octanol–water partition coefficient (Wildman–Crippen LogP) is 2.47. The maximum absolute atomic E-state index is 11.9. The number of ether oxygens (including phenoxy) is 2. The van der Waals surface area contributed by atoms with Gasteiger partial charge in [-0.05, 0) is 35.7 Å². The Labute approximate surface area is 149 Å². The SMILES string of the molecule is O=C(O)C(=O)c1ccc(OCCN2CCOCC2)c2ccc(Cl)cc12. The minimum absolute atomic E-state index is 0.102. The number of carboxylic acids is 1. The van der Waals surface area contributed by atoms with Gasteiger partial charge in [-0.2, -0.15) is 0 Å². The van der Waals surface area contributed by atoms with Crippen LogP contribution < -0.4 is 4.74 Å². The van der Waals surface area contributed by atoms with E-state index < -0.39 is 11.8 Å². The number of carbonyl (C=O) groups is 2. The fourth-order valence-corrected chi connectivity index (χ4v) is 3.01. The van der Waals surface area contributed by atoms with Crippen LogP contribution in [-0.4, -0.2) is 61.2 Å². The van der Waals surface area contributed by atoms with Crippen LogP contribution in [0.4, 0.5) is 0 Å². The molecule has 1 fully saturated rings. The molecule has 1 heterocycles. The fraction of sp³-hybridized carbons (Fsp3) is 0.333. The minimum atomic E-state index is -1.50. The second-order valence-electron chi connectivity index (χ2n) is 5.74. The van der Waals surface area contributed by atoms with Crippen LogP contribution in [0.3, 0.4) is 0 Å². The summed E-state index contributed by atoms with van der Waals surface area (Å²) < 4.78 is 11.2. The van der Waals surface area contributed by atoms with Gasteiger partial charge < -0.3 is 14.6 Å². The number of aliphatic carboxylic acids is 1. The van der Waals surface area contributed by atoms with E-state index in [1.807, 2.05) is 0 Å². The Bertz CT molecular complexity index is 801. The smallest absolute Gasteiger partial charge is 0.377 e. The summed E-state index contributed by atoms with van der Waals surface area (Å²) in [6.07, 6.45) is 0. The lowest BCUT2D eigenvalue weighted by Gasteiger charge is -2.26. The number of carboxylic acid groups (broad SMARTS) is 1. The van der Waals surface area contributed by atoms with E-state index in [0.29, 0.717) is 28.2 Å². The molecule has 25 heavy (non-hydrogen) atoms. The molecule has 0 aliphatic carbocycles. The molecule has 0 aromatic heterocycles. The molecule has 0 radical (unpaired) electrons. The lowest BCUT2D eigenvalue weighted by atomic mass is 10.0. The zero-order chi connectivity index (χ0) is 17.8. The maximum atomic E-state index is 11.9. The molecule has 0 spiro atoms. The summed E-state index contributed by atoms with van der Waals surface area (Å²) in [7, 11) is 0. The Hall–Kier alpha value is -2.15. The van der Waals surface area contributed by atoms with Crippen molar-refractivity contribution < 1.29 is 24.2 Å². The molecule has 2 aromatic rings. The van der Waals surface area contributed by atoms with Crippen LogP contribution in [0, 0.1) is 0 Å². The van der Waals surface area contributed by atoms with Gasteiger partial charge in [0.05, 0.1) is 13.2 Å². The van der Waals surface area contributed by atoms with Crippen molar-refractivity contribution in [3.05, 3.63) is 40.9 Å². The van der Waals surface area contributed by atoms with Crippen molar-refractivity contribution >= 4 is 34.1 Å². The number of morpholine rings is 1. The Morgan fingerprint density at radius 3 is 2.64 bits per heavy atom. The van der Waals surface area contributed by atoms with Crippen LogP contribution in [0.5, 0.6) is 5.75 Å². The average Bonchev–Trinajstić information content (AvgIpc) is 2.61. The molecule has 0 amide bonds. The maximum Gasteiger partial charge on any atom is 0.377 e. The summed E-state index contributed by atoms with van der Waals surface area (Å²) >= 11 is 6.02. The van der Waals surface area contributed by atoms with Crippen molar-refractivity contribution in [1.82, 2.24) is 4.90 Å². The third-order valence-corrected chi connectivity index (χ3v) is 4.38. The fourth-order valence-electron chi connectivity index (χ4n) is 2.84. The monoisotopic (exact) mass is 363 g/mol. The van der Waals surface area contributed by atoms with E-state index in [1.165, 1.54) is 6.07 Å². The average molecular weight is 364 g/mol. The zero-order valence-corrected chi connectivity index (χ0v) is 14.3. The van der Waals surface area contributed by atoms with Crippen molar-refractivity contribution in [1.29, 1.82) is 0 Å². The number of benzene rings is 2. The zero-order valence-electron chi connectivity index (χ0n) is 13.5. The largest absolute Gasteiger partial charge is 0.492 e. The molecule has 0 atom stereocenters. The molecule has 132 valence electrons. The first-order valence-electron chi connectivity index (χ1n) is 7.99. The van der Waals surface area contributed by atoms with Crippen molar-refractivity contribution in [2.45, 2.75) is 0 Å². The van der Waals surface area contributed by atoms with Gasteiger partial charge in [0.15, 0.2) is 0 Å². The van der Waals surface area contributed by atoms with Gasteiger partial charge in [0, 0.05) is 35.6 Å². The molecule has 1 N–H and O–H groups in total. The van der Waals surface area contributed by atoms with Crippen molar-refractivity contribution in [2.75, 3.05) is 39.5 Å². The van der Waals surface area contributed by atoms with E-state index in [9.17, 15) is 9.59 Å². The first-order chi connectivity index (χ1) is 12.1. The van der Waals surface area contributed by atoms with Crippen molar-refractivity contribution in [3.8, 4) is 5.75 Å². The summed E-state index contributed by atoms with van der Waals surface area (Å²) in [5.41, 5.74) is 0.102. The van der Waals surface area contributed by atoms with E-state index in [1.54, 1.807) is 24.3 Å². The number of rotatable bonds is 6. The Morgan fingerprint density at radius 1 is 1.16 bits per heavy atom. The van der Waals surface area contributed by atoms with Gasteiger partial charge in [-0.15, -0.1) is 0 Å². The van der Waals surface area contributed by atoms with Gasteiger partial charge in [0.2, 0.25) is 0 Å². The number of fused-ring (bicyclic) bond motifs is 1. The summed E-state index contributed by atoms with van der Waals surface area (Å²) in [6.45, 7) is 4.48. The molecule has 2 aromatic carbocycles. The molecule has 0 unspecified atom stereocenters. The highest BCUT2D eigenvalue weighted by Gasteiger charge is 2.19. The third kappa shape index (κ3) is 4.10. The molecular formula is C18H18ClNO5. The normalized spacial score (nSPS) is 15.2. The Balaban J connectivity index is 1.82. The number of hydrogen-bond acceptors (Lipinski definition) is 5. The molecule has 3 rings (SSSR count). The van der Waals surface area contributed by atoms with Crippen LogP contribution in [0.1, 0.15) is 10.4 Å². The Kier molecular flexibility index (Phi) is 5.53. The number of Topliss-reactive ketones (excluding diaryl/α,β-unsaturated/α-hetero) is 1. The van der Waals surface area contributed by atoms with Crippen LogP contribution >= 0.6 is 11.6 Å². The van der Waals surface area contributed by atoms with Crippen molar-refractivity contribution in [3.63, 3.8) is 0 Å². The lowest BCUT2D eigenvalue weighted by molar-refractivity contribution is -0.131. The molecule has 1 saturated heterocycles. The molecule has 1 aliphatic heterocycles. The van der Waals surface area contributed by atoms with Gasteiger partial charge >= 0.3 is 5.97 Å². The van der Waals surface area contributed by atoms with Crippen LogP contribution in [0.2, 0.25) is 5.02 Å². The highest BCUT2D eigenvalue weighted by Crippen LogP contribution is 2.31. The van der Waals surface area contributed by atoms with Gasteiger partial charge in [0.1, 0.15) is 12.4 Å². The van der Waals surface area contributed by atoms with E-state index in [4.69, 9.17) is 26.2 Å². The van der Waals surface area contributed by atoms with Gasteiger partial charge in [-0.3, -0.25) is 9.69 Å². The number of nitrogens with zero attached hydrogens (tertiary/aromatic N) is 1. The van der Waals surface area contributed by atoms with E-state index in [2.05, 4.69) is 4.90 Å². The highest BCUT2D eigenvalue weighted by molar-refractivity contribution is 6.42. The molecule has 6 nitrogen and oxygen atoms in total. The lowest BCUT2D eigenvalue weighted by Crippen LogP contribution is -2.38. The predicted molar refractivity (Wildman–Crippen MR) is 93.7 cm³/mol. The van der Waals surface area contributed by atoms with E-state index in [-0.39, 0.29) is 5.56 Å². The Morgan fingerprint density at radius 2 is 1.92 bits per heavy atom. The van der Waals surface area contributed by atoms with Crippen LogP contribution in [0.25, 0.3) is 10.8 Å². The van der Waals surface area contributed by atoms with E-state index in [0.717, 1.165) is 32.8 Å². The number of halogens is 1. The van der Waals surface area contributed by atoms with Gasteiger partial charge in [0.25, 0.3) is 5.78 Å². The quantitative estimate of drug-likeness (QED) is 0.627. The third-order valence-electron chi connectivity index (χ3n) is 4.15. The summed E-state index contributed by atoms with van der Waals surface area (Å²) in [5.74, 6) is -1.86. The van der Waals surface area contributed by atoms with Crippen LogP contribution in [0.15, 0.2) is 30.3 Å². The number of carbonyl (C=O) groups excluding carboxylic acids is 1. The summed E-state index contributed by atoms with van der Waals surface area (Å²) in [5, 5.41) is 10.6. The standard InChI is InChI=1S/C18H18ClNO5/c19-12-1-2-13-15(11-12)14(17(21)18(22)23)3-4-16(13)25-10-7-20-5-8-24-9-6-20/h1-4,11H,5-10H2,(H,22,23). The van der Waals surface area contributed by atoms with Crippen LogP contribution in [-0.2, 0) is 9.53 Å². The molecule has 7 heteroatoms. The van der Waals surface area contributed by atoms with Crippen molar-refractivity contribution in [2.24, 2.45) is 0 Å². The minimum Gasteiger partial charge on any atom is -0.492 e. The number of ketones is 1. The second kappa shape index (κ2) is 7.82. The van der Waals surface area contributed by atoms with Gasteiger partial charge in [-0.25, -0.2) is 4.79 Å².